The summed E-state index contributed by atoms with van der Waals surface area (Å²) in [5.41, 5.74) is 1.97. The van der Waals surface area contributed by atoms with E-state index in [9.17, 15) is 0 Å². The van der Waals surface area contributed by atoms with Crippen LogP contribution in [0.4, 0.5) is 0 Å². The molecule has 4 nitrogen and oxygen atoms in total. The van der Waals surface area contributed by atoms with Crippen molar-refractivity contribution in [2.24, 2.45) is 0 Å². The Kier molecular flexibility index (Phi) is 9.01. The van der Waals surface area contributed by atoms with Gasteiger partial charge in [-0.05, 0) is 72.4 Å². The van der Waals surface area contributed by atoms with Crippen LogP contribution in [0.2, 0.25) is 0 Å². The average molecular weight is 400 g/mol. The molecule has 2 fully saturated rings. The van der Waals surface area contributed by atoms with E-state index >= 15 is 0 Å². The molecule has 0 unspecified atom stereocenters. The summed E-state index contributed by atoms with van der Waals surface area (Å²) < 4.78 is 1.86. The maximum absolute atomic E-state index is 4.29. The van der Waals surface area contributed by atoms with Gasteiger partial charge in [-0.1, -0.05) is 35.5 Å². The first-order chi connectivity index (χ1) is 12.7. The molecule has 1 atom stereocenters. The van der Waals surface area contributed by atoms with E-state index in [2.05, 4.69) is 55.5 Å². The first-order valence-corrected chi connectivity index (χ1v) is 8.73. The van der Waals surface area contributed by atoms with E-state index in [1.54, 1.807) is 0 Å². The molecule has 5 heteroatoms. The molecule has 0 amide bonds. The zero-order chi connectivity index (χ0) is 18.4. The van der Waals surface area contributed by atoms with Crippen molar-refractivity contribution >= 4 is 0 Å². The van der Waals surface area contributed by atoms with Crippen LogP contribution in [0.25, 0.3) is 11.3 Å². The number of hydrogen-bond donors (Lipinski definition) is 0. The minimum Gasteiger partial charge on any atom is -0.306 e. The van der Waals surface area contributed by atoms with Gasteiger partial charge in [0.1, 0.15) is 11.7 Å². The zero-order valence-corrected chi connectivity index (χ0v) is 16.9. The Balaban J connectivity index is 0.000000379. The van der Waals surface area contributed by atoms with Crippen LogP contribution in [-0.4, -0.2) is 40.0 Å². The minimum atomic E-state index is 0. The molecule has 1 heterocycles. The number of rotatable bonds is 4. The number of aromatic nitrogens is 3. The number of nitrogens with zero attached hydrogens (tertiary/aromatic N) is 4. The summed E-state index contributed by atoms with van der Waals surface area (Å²) in [6, 6.07) is 11.5. The van der Waals surface area contributed by atoms with Crippen LogP contribution in [0.15, 0.2) is 36.5 Å². The van der Waals surface area contributed by atoms with Crippen LogP contribution in [-0.2, 0) is 17.1 Å². The Bertz CT molecular complexity index is 644. The summed E-state index contributed by atoms with van der Waals surface area (Å²) in [7, 11) is 4.16. The molecule has 10 radical (unpaired) electrons. The van der Waals surface area contributed by atoms with Gasteiger partial charge in [-0.2, -0.15) is 0 Å². The smallest absolute Gasteiger partial charge is 0.306 e. The third-order valence-corrected chi connectivity index (χ3v) is 4.42. The van der Waals surface area contributed by atoms with E-state index in [0.29, 0.717) is 6.04 Å². The fourth-order valence-corrected chi connectivity index (χ4v) is 2.71. The number of hydrogen-bond acceptors (Lipinski definition) is 3. The third kappa shape index (κ3) is 5.91. The Morgan fingerprint density at radius 3 is 2.11 bits per heavy atom. The van der Waals surface area contributed by atoms with E-state index in [0.717, 1.165) is 17.3 Å². The van der Waals surface area contributed by atoms with E-state index in [4.69, 9.17) is 0 Å². The van der Waals surface area contributed by atoms with Gasteiger partial charge in [0.05, 0.1) is 6.20 Å². The standard InChI is InChI=1S/C17H19N4.C5H5.Fe/c1-13(20(2)3)15-10-7-11-17(15)21-12-16(18-19-21)14-8-5-4-6-9-14;1-2-4-5-3-1;/h4-13H,1-3H3;1-5H;/q;;+2/t13-;;/m1../s1. The second kappa shape index (κ2) is 11.0. The average Bonchev–Trinajstić information content (AvgIpc) is 3.44. The molecule has 138 valence electrons. The quantitative estimate of drug-likeness (QED) is 0.737. The van der Waals surface area contributed by atoms with Crippen molar-refractivity contribution in [1.29, 1.82) is 0 Å². The first kappa shape index (κ1) is 22.1. The van der Waals surface area contributed by atoms with Crippen molar-refractivity contribution in [1.82, 2.24) is 19.9 Å². The molecule has 27 heavy (non-hydrogen) atoms. The largest absolute Gasteiger partial charge is 2.00 e. The molecule has 0 N–H and O–H groups in total. The van der Waals surface area contributed by atoms with Gasteiger partial charge in [0.15, 0.2) is 0 Å². The summed E-state index contributed by atoms with van der Waals surface area (Å²) in [5.74, 6) is 1.25. The van der Waals surface area contributed by atoms with Crippen molar-refractivity contribution in [2.45, 2.75) is 13.0 Å². The van der Waals surface area contributed by atoms with Gasteiger partial charge in [0, 0.05) is 17.5 Å². The molecule has 2 aliphatic rings. The third-order valence-electron chi connectivity index (χ3n) is 4.42. The molecule has 1 aromatic carbocycles. The van der Waals surface area contributed by atoms with Crippen LogP contribution in [0, 0.1) is 63.3 Å². The second-order valence-electron chi connectivity index (χ2n) is 6.38. The Morgan fingerprint density at radius 2 is 1.52 bits per heavy atom. The van der Waals surface area contributed by atoms with Gasteiger partial charge in [0.25, 0.3) is 0 Å². The normalized spacial score (nSPS) is 18.8. The summed E-state index contributed by atoms with van der Waals surface area (Å²) in [6.07, 6.45) is 18.3. The van der Waals surface area contributed by atoms with Crippen LogP contribution in [0.1, 0.15) is 6.92 Å². The van der Waals surface area contributed by atoms with Gasteiger partial charge in [-0.25, -0.2) is 4.68 Å². The maximum atomic E-state index is 4.29. The van der Waals surface area contributed by atoms with Crippen LogP contribution in [0.3, 0.4) is 0 Å². The predicted molar refractivity (Wildman–Crippen MR) is 105 cm³/mol. The van der Waals surface area contributed by atoms with E-state index < -0.39 is 0 Å². The van der Waals surface area contributed by atoms with Crippen molar-refractivity contribution in [2.75, 3.05) is 14.1 Å². The molecular formula is C22H24FeN4+2. The maximum Gasteiger partial charge on any atom is 2.00 e. The van der Waals surface area contributed by atoms with Crippen molar-refractivity contribution in [3.05, 3.63) is 99.9 Å². The van der Waals surface area contributed by atoms with Crippen molar-refractivity contribution in [3.63, 3.8) is 0 Å². The Labute approximate surface area is 175 Å². The van der Waals surface area contributed by atoms with Gasteiger partial charge < -0.3 is 4.90 Å². The molecule has 2 aliphatic carbocycles. The molecule has 0 spiro atoms. The van der Waals surface area contributed by atoms with Gasteiger partial charge in [0.2, 0.25) is 0 Å². The SMILES string of the molecule is C[C@H]([C]1[CH][CH][CH][C]1n1cc(-c2ccccc2)nn1)N(C)C.[CH]1[CH][CH][CH][CH]1.[Fe+2]. The van der Waals surface area contributed by atoms with Gasteiger partial charge >= 0.3 is 17.1 Å². The molecule has 0 saturated heterocycles. The Hall–Kier alpha value is -1.16. The second-order valence-corrected chi connectivity index (χ2v) is 6.38. The zero-order valence-electron chi connectivity index (χ0n) is 15.8. The van der Waals surface area contributed by atoms with Crippen LogP contribution < -0.4 is 0 Å². The van der Waals surface area contributed by atoms with Crippen molar-refractivity contribution in [3.8, 4) is 11.3 Å². The molecular weight excluding hydrogens is 376 g/mol. The van der Waals surface area contributed by atoms with E-state index in [1.165, 1.54) is 5.92 Å². The van der Waals surface area contributed by atoms with Gasteiger partial charge in [-0.15, -0.1) is 5.10 Å². The summed E-state index contributed by atoms with van der Waals surface area (Å²) in [4.78, 5) is 2.19. The van der Waals surface area contributed by atoms with Gasteiger partial charge in [-0.3, -0.25) is 0 Å². The monoisotopic (exact) mass is 400 g/mol. The molecule has 1 aromatic heterocycles. The summed E-state index contributed by atoms with van der Waals surface area (Å²) >= 11 is 0. The minimum absolute atomic E-state index is 0. The topological polar surface area (TPSA) is 34.0 Å². The molecule has 2 saturated carbocycles. The fraction of sp³-hybridized carbons (Fsp3) is 0.182. The molecule has 0 aliphatic heterocycles. The summed E-state index contributed by atoms with van der Waals surface area (Å²) in [5, 5.41) is 8.57. The molecule has 0 bridgehead atoms. The van der Waals surface area contributed by atoms with E-state index in [1.807, 2.05) is 73.3 Å². The number of benzene rings is 1. The predicted octanol–water partition coefficient (Wildman–Crippen LogP) is 3.50. The first-order valence-electron chi connectivity index (χ1n) is 8.73. The summed E-state index contributed by atoms with van der Waals surface area (Å²) in [6.45, 7) is 2.19. The van der Waals surface area contributed by atoms with Crippen molar-refractivity contribution < 1.29 is 17.1 Å². The molecule has 2 aromatic rings. The van der Waals surface area contributed by atoms with Crippen LogP contribution in [0.5, 0.6) is 0 Å². The molecule has 4 rings (SSSR count). The van der Waals surface area contributed by atoms with Crippen LogP contribution >= 0.6 is 0 Å². The Morgan fingerprint density at radius 1 is 0.889 bits per heavy atom. The fourth-order valence-electron chi connectivity index (χ4n) is 2.71. The van der Waals surface area contributed by atoms with E-state index in [-0.39, 0.29) is 17.1 Å².